The molecule has 1 saturated carbocycles. The van der Waals surface area contributed by atoms with Crippen molar-refractivity contribution in [2.45, 2.75) is 37.5 Å². The Morgan fingerprint density at radius 3 is 2.64 bits per heavy atom. The first-order valence-electron chi connectivity index (χ1n) is 8.91. The molecule has 4 heterocycles. The first-order chi connectivity index (χ1) is 12.2. The summed E-state index contributed by atoms with van der Waals surface area (Å²) in [6.07, 6.45) is 8.18. The summed E-state index contributed by atoms with van der Waals surface area (Å²) < 4.78 is 3.58. The second-order valence-corrected chi connectivity index (χ2v) is 7.13. The van der Waals surface area contributed by atoms with Crippen molar-refractivity contribution in [3.8, 4) is 0 Å². The molecule has 1 N–H and O–H groups in total. The van der Waals surface area contributed by atoms with E-state index in [-0.39, 0.29) is 5.69 Å². The van der Waals surface area contributed by atoms with Gasteiger partial charge in [-0.05, 0) is 31.7 Å². The molecule has 0 aromatic carbocycles. The summed E-state index contributed by atoms with van der Waals surface area (Å²) in [6, 6.07) is 2.20. The van der Waals surface area contributed by atoms with Gasteiger partial charge in [0, 0.05) is 44.4 Å². The molecule has 0 amide bonds. The Hall–Kier alpha value is -2.64. The molecule has 0 radical (unpaired) electrons. The first kappa shape index (κ1) is 14.7. The number of hydrogen-bond donors (Lipinski definition) is 1. The van der Waals surface area contributed by atoms with Gasteiger partial charge in [0.05, 0.1) is 5.69 Å². The van der Waals surface area contributed by atoms with Crippen LogP contribution in [0.2, 0.25) is 0 Å². The fraction of sp³-hybridized carbons (Fsp3) is 0.529. The summed E-state index contributed by atoms with van der Waals surface area (Å²) in [6.45, 7) is 1.81. The van der Waals surface area contributed by atoms with Gasteiger partial charge >= 0.3 is 5.69 Å². The number of hydrogen-bond acceptors (Lipinski definition) is 5. The van der Waals surface area contributed by atoms with Gasteiger partial charge in [-0.2, -0.15) is 10.2 Å². The van der Waals surface area contributed by atoms with E-state index < -0.39 is 0 Å². The normalized spacial score (nSPS) is 19.0. The van der Waals surface area contributed by atoms with Gasteiger partial charge in [0.25, 0.3) is 0 Å². The maximum atomic E-state index is 11.6. The van der Waals surface area contributed by atoms with Gasteiger partial charge in [-0.3, -0.25) is 4.57 Å². The lowest BCUT2D eigenvalue weighted by Crippen LogP contribution is -2.34. The number of nitrogens with zero attached hydrogens (tertiary/aromatic N) is 6. The van der Waals surface area contributed by atoms with Crippen molar-refractivity contribution in [1.29, 1.82) is 0 Å². The number of anilines is 1. The molecular weight excluding hydrogens is 318 g/mol. The van der Waals surface area contributed by atoms with E-state index in [1.165, 1.54) is 18.5 Å². The highest BCUT2D eigenvalue weighted by atomic mass is 16.1. The third-order valence-corrected chi connectivity index (χ3v) is 5.46. The molecule has 2 fully saturated rings. The van der Waals surface area contributed by atoms with E-state index in [0.29, 0.717) is 11.8 Å². The van der Waals surface area contributed by atoms with Crippen molar-refractivity contribution < 1.29 is 0 Å². The number of piperidine rings is 1. The van der Waals surface area contributed by atoms with E-state index in [1.807, 2.05) is 16.9 Å². The number of aromatic nitrogens is 6. The van der Waals surface area contributed by atoms with Gasteiger partial charge in [0.15, 0.2) is 5.82 Å². The average molecular weight is 339 g/mol. The Labute approximate surface area is 144 Å². The smallest absolute Gasteiger partial charge is 0.343 e. The van der Waals surface area contributed by atoms with E-state index in [0.717, 1.165) is 43.1 Å². The molecule has 0 atom stereocenters. The summed E-state index contributed by atoms with van der Waals surface area (Å²) in [5.74, 6) is 2.82. The van der Waals surface area contributed by atoms with Gasteiger partial charge in [-0.1, -0.05) is 0 Å². The average Bonchev–Trinajstić information content (AvgIpc) is 3.31. The molecule has 8 heteroatoms. The fourth-order valence-corrected chi connectivity index (χ4v) is 3.82. The van der Waals surface area contributed by atoms with Crippen molar-refractivity contribution in [3.05, 3.63) is 40.5 Å². The highest BCUT2D eigenvalue weighted by Gasteiger charge is 2.29. The quantitative estimate of drug-likeness (QED) is 0.780. The van der Waals surface area contributed by atoms with Crippen LogP contribution in [0.5, 0.6) is 0 Å². The second kappa shape index (κ2) is 5.44. The van der Waals surface area contributed by atoms with Crippen molar-refractivity contribution in [2.75, 3.05) is 18.0 Å². The molecule has 0 unspecified atom stereocenters. The van der Waals surface area contributed by atoms with E-state index >= 15 is 0 Å². The summed E-state index contributed by atoms with van der Waals surface area (Å²) in [5.41, 5.74) is 2.14. The Morgan fingerprint density at radius 1 is 1.16 bits per heavy atom. The van der Waals surface area contributed by atoms with Gasteiger partial charge in [0.1, 0.15) is 11.3 Å². The minimum absolute atomic E-state index is 0.143. The van der Waals surface area contributed by atoms with Crippen LogP contribution in [0.1, 0.15) is 49.0 Å². The highest BCUT2D eigenvalue weighted by molar-refractivity contribution is 5.69. The predicted molar refractivity (Wildman–Crippen MR) is 93.0 cm³/mol. The summed E-state index contributed by atoms with van der Waals surface area (Å²) in [4.78, 5) is 18.6. The van der Waals surface area contributed by atoms with Gasteiger partial charge in [-0.25, -0.2) is 19.4 Å². The van der Waals surface area contributed by atoms with Crippen LogP contribution < -0.4 is 10.6 Å². The molecule has 1 aliphatic heterocycles. The molecule has 3 aromatic rings. The topological polar surface area (TPSA) is 84.1 Å². The van der Waals surface area contributed by atoms with Gasteiger partial charge in [0.2, 0.25) is 0 Å². The largest absolute Gasteiger partial charge is 0.355 e. The molecular formula is C17H21N7O. The van der Waals surface area contributed by atoms with Crippen LogP contribution in [-0.4, -0.2) is 42.5 Å². The third-order valence-electron chi connectivity index (χ3n) is 5.46. The molecule has 8 nitrogen and oxygen atoms in total. The zero-order valence-electron chi connectivity index (χ0n) is 14.2. The van der Waals surface area contributed by atoms with Crippen LogP contribution in [0, 0.1) is 0 Å². The SMILES string of the molecule is Cn1c(C2CCN(c3nccn4nc(C5CC5)cc34)CC2)n[nH]c1=O. The molecule has 0 spiro atoms. The van der Waals surface area contributed by atoms with Gasteiger partial charge < -0.3 is 4.90 Å². The Kier molecular flexibility index (Phi) is 3.19. The van der Waals surface area contributed by atoms with Crippen molar-refractivity contribution >= 4 is 11.3 Å². The van der Waals surface area contributed by atoms with E-state index in [9.17, 15) is 4.79 Å². The maximum absolute atomic E-state index is 11.6. The Balaban J connectivity index is 1.39. The molecule has 5 rings (SSSR count). The van der Waals surface area contributed by atoms with Gasteiger partial charge in [-0.15, -0.1) is 0 Å². The lowest BCUT2D eigenvalue weighted by Gasteiger charge is -2.32. The second-order valence-electron chi connectivity index (χ2n) is 7.13. The molecule has 2 aliphatic rings. The predicted octanol–water partition coefficient (Wildman–Crippen LogP) is 1.41. The molecule has 3 aromatic heterocycles. The van der Waals surface area contributed by atoms with Crippen molar-refractivity contribution in [3.63, 3.8) is 0 Å². The zero-order valence-corrected chi connectivity index (χ0v) is 14.2. The number of H-pyrrole nitrogens is 1. The highest BCUT2D eigenvalue weighted by Crippen LogP contribution is 2.40. The van der Waals surface area contributed by atoms with Crippen LogP contribution in [-0.2, 0) is 7.05 Å². The minimum atomic E-state index is -0.143. The lowest BCUT2D eigenvalue weighted by molar-refractivity contribution is 0.471. The minimum Gasteiger partial charge on any atom is -0.355 e. The van der Waals surface area contributed by atoms with Crippen molar-refractivity contribution in [1.82, 2.24) is 29.4 Å². The lowest BCUT2D eigenvalue weighted by atomic mass is 9.96. The molecule has 130 valence electrons. The van der Waals surface area contributed by atoms with Crippen molar-refractivity contribution in [2.24, 2.45) is 7.05 Å². The van der Waals surface area contributed by atoms with E-state index in [2.05, 4.69) is 26.1 Å². The monoisotopic (exact) mass is 339 g/mol. The van der Waals surface area contributed by atoms with Crippen LogP contribution in [0.4, 0.5) is 5.82 Å². The number of nitrogens with one attached hydrogen (secondary N) is 1. The van der Waals surface area contributed by atoms with Crippen LogP contribution >= 0.6 is 0 Å². The Bertz CT molecular complexity index is 972. The summed E-state index contributed by atoms with van der Waals surface area (Å²) in [5, 5.41) is 11.4. The number of rotatable bonds is 3. The van der Waals surface area contributed by atoms with E-state index in [4.69, 9.17) is 5.10 Å². The Morgan fingerprint density at radius 2 is 1.96 bits per heavy atom. The summed E-state index contributed by atoms with van der Waals surface area (Å²) in [7, 11) is 1.78. The third kappa shape index (κ3) is 2.43. The maximum Gasteiger partial charge on any atom is 0.343 e. The van der Waals surface area contributed by atoms with Crippen LogP contribution in [0.15, 0.2) is 23.3 Å². The fourth-order valence-electron chi connectivity index (χ4n) is 3.82. The molecule has 25 heavy (non-hydrogen) atoms. The van der Waals surface area contributed by atoms with Crippen LogP contribution in [0.25, 0.3) is 5.52 Å². The standard InChI is InChI=1S/C17H21N7O/c1-22-15(19-20-17(22)25)12-4-7-23(8-5-12)16-14-10-13(11-2-3-11)21-24(14)9-6-18-16/h6,9-12H,2-5,7-8H2,1H3,(H,20,25). The van der Waals surface area contributed by atoms with E-state index in [1.54, 1.807) is 11.6 Å². The first-order valence-corrected chi connectivity index (χ1v) is 8.91. The number of fused-ring (bicyclic) bond motifs is 1. The molecule has 0 bridgehead atoms. The molecule has 1 aliphatic carbocycles. The van der Waals surface area contributed by atoms with Crippen LogP contribution in [0.3, 0.4) is 0 Å². The summed E-state index contributed by atoms with van der Waals surface area (Å²) >= 11 is 0. The number of aromatic amines is 1. The zero-order chi connectivity index (χ0) is 17.0. The molecule has 1 saturated heterocycles.